The number of aryl methyl sites for hydroxylation is 1. The molecule has 160 valence electrons. The van der Waals surface area contributed by atoms with E-state index >= 15 is 0 Å². The van der Waals surface area contributed by atoms with Crippen molar-refractivity contribution in [1.82, 2.24) is 15.2 Å². The second-order valence-corrected chi connectivity index (χ2v) is 9.13. The molecule has 1 aliphatic carbocycles. The second kappa shape index (κ2) is 7.68. The summed E-state index contributed by atoms with van der Waals surface area (Å²) in [4.78, 5) is 31.8. The molecule has 1 N–H and O–H groups in total. The summed E-state index contributed by atoms with van der Waals surface area (Å²) in [6, 6.07) is 13.0. The highest BCUT2D eigenvalue weighted by Gasteiger charge is 2.47. The van der Waals surface area contributed by atoms with E-state index in [0.717, 1.165) is 49.9 Å². The standard InChI is InChI=1S/C24H24ClN3O3/c1-15-5-4-7-18(26-15)23(30)28-11-9-24(10-12-28)13-16(14-24)27-22(29)20-17-6-2-3-8-19(17)31-21(20)25/h2-8,16H,9-14H2,1H3,(H,27,29). The number of carbonyl (C=O) groups excluding carboxylic acids is 2. The van der Waals surface area contributed by atoms with Crippen LogP contribution in [0, 0.1) is 12.3 Å². The number of nitrogens with zero attached hydrogens (tertiary/aromatic N) is 2. The number of para-hydroxylation sites is 1. The van der Waals surface area contributed by atoms with Crippen LogP contribution in [0.2, 0.25) is 5.22 Å². The molecule has 5 rings (SSSR count). The molecule has 31 heavy (non-hydrogen) atoms. The number of benzene rings is 1. The first kappa shape index (κ1) is 20.1. The van der Waals surface area contributed by atoms with Crippen LogP contribution in [0.15, 0.2) is 46.9 Å². The largest absolute Gasteiger partial charge is 0.444 e. The molecule has 0 bridgehead atoms. The Bertz CT molecular complexity index is 1160. The van der Waals surface area contributed by atoms with Crippen molar-refractivity contribution in [2.75, 3.05) is 13.1 Å². The van der Waals surface area contributed by atoms with Gasteiger partial charge in [0.15, 0.2) is 0 Å². The highest BCUT2D eigenvalue weighted by molar-refractivity contribution is 6.34. The fraction of sp³-hybridized carbons (Fsp3) is 0.375. The van der Waals surface area contributed by atoms with E-state index in [4.69, 9.17) is 16.0 Å². The fourth-order valence-corrected chi connectivity index (χ4v) is 5.26. The van der Waals surface area contributed by atoms with E-state index in [1.165, 1.54) is 0 Å². The van der Waals surface area contributed by atoms with Crippen molar-refractivity contribution in [2.45, 2.75) is 38.6 Å². The molecule has 1 aromatic carbocycles. The summed E-state index contributed by atoms with van der Waals surface area (Å²) in [5, 5.41) is 3.98. The lowest BCUT2D eigenvalue weighted by atomic mass is 9.60. The van der Waals surface area contributed by atoms with Gasteiger partial charge < -0.3 is 14.6 Å². The van der Waals surface area contributed by atoms with Crippen molar-refractivity contribution < 1.29 is 14.0 Å². The summed E-state index contributed by atoms with van der Waals surface area (Å²) in [5.74, 6) is -0.183. The zero-order chi connectivity index (χ0) is 21.6. The lowest BCUT2D eigenvalue weighted by Gasteiger charge is -2.52. The van der Waals surface area contributed by atoms with Gasteiger partial charge in [0.1, 0.15) is 16.8 Å². The van der Waals surface area contributed by atoms with Crippen LogP contribution in [0.4, 0.5) is 0 Å². The first-order valence-corrected chi connectivity index (χ1v) is 11.0. The van der Waals surface area contributed by atoms with Gasteiger partial charge in [-0.1, -0.05) is 24.3 Å². The number of piperidine rings is 1. The molecule has 6 nitrogen and oxygen atoms in total. The zero-order valence-corrected chi connectivity index (χ0v) is 18.1. The van der Waals surface area contributed by atoms with Crippen LogP contribution in [0.1, 0.15) is 52.2 Å². The smallest absolute Gasteiger partial charge is 0.272 e. The topological polar surface area (TPSA) is 75.4 Å². The predicted molar refractivity (Wildman–Crippen MR) is 118 cm³/mol. The summed E-state index contributed by atoms with van der Waals surface area (Å²) in [7, 11) is 0. The third-order valence-electron chi connectivity index (χ3n) is 6.69. The monoisotopic (exact) mass is 437 g/mol. The highest BCUT2D eigenvalue weighted by Crippen LogP contribution is 2.49. The van der Waals surface area contributed by atoms with Crippen LogP contribution in [-0.4, -0.2) is 40.8 Å². The number of hydrogen-bond acceptors (Lipinski definition) is 4. The fourth-order valence-electron chi connectivity index (χ4n) is 4.99. The second-order valence-electron chi connectivity index (χ2n) is 8.78. The summed E-state index contributed by atoms with van der Waals surface area (Å²) in [6.07, 6.45) is 3.76. The number of pyridine rings is 1. The van der Waals surface area contributed by atoms with E-state index in [2.05, 4.69) is 10.3 Å². The maximum Gasteiger partial charge on any atom is 0.272 e. The molecule has 2 fully saturated rings. The molecule has 0 unspecified atom stereocenters. The van der Waals surface area contributed by atoms with Crippen molar-refractivity contribution in [3.05, 3.63) is 64.6 Å². The van der Waals surface area contributed by atoms with Gasteiger partial charge >= 0.3 is 0 Å². The van der Waals surface area contributed by atoms with Crippen LogP contribution in [0.3, 0.4) is 0 Å². The van der Waals surface area contributed by atoms with E-state index in [1.54, 1.807) is 12.1 Å². The summed E-state index contributed by atoms with van der Waals surface area (Å²) >= 11 is 6.19. The number of aromatic nitrogens is 1. The van der Waals surface area contributed by atoms with Gasteiger partial charge in [-0.15, -0.1) is 0 Å². The van der Waals surface area contributed by atoms with Gasteiger partial charge in [-0.3, -0.25) is 9.59 Å². The summed E-state index contributed by atoms with van der Waals surface area (Å²) in [5.41, 5.74) is 2.59. The zero-order valence-electron chi connectivity index (χ0n) is 17.4. The molecule has 2 aromatic heterocycles. The third kappa shape index (κ3) is 3.69. The third-order valence-corrected chi connectivity index (χ3v) is 6.96. The Balaban J connectivity index is 1.17. The number of likely N-dealkylation sites (tertiary alicyclic amines) is 1. The van der Waals surface area contributed by atoms with Gasteiger partial charge in [0.2, 0.25) is 5.22 Å². The Hall–Kier alpha value is -2.86. The predicted octanol–water partition coefficient (Wildman–Crippen LogP) is 4.60. The Labute approximate surface area is 185 Å². The number of furan rings is 1. The van der Waals surface area contributed by atoms with Crippen molar-refractivity contribution in [3.8, 4) is 0 Å². The molecule has 3 aromatic rings. The number of carbonyl (C=O) groups is 2. The molecule has 7 heteroatoms. The lowest BCUT2D eigenvalue weighted by molar-refractivity contribution is 0.00844. The minimum Gasteiger partial charge on any atom is -0.444 e. The van der Waals surface area contributed by atoms with Crippen LogP contribution < -0.4 is 5.32 Å². The van der Waals surface area contributed by atoms with E-state index in [9.17, 15) is 9.59 Å². The van der Waals surface area contributed by atoms with E-state index in [0.29, 0.717) is 16.8 Å². The number of rotatable bonds is 3. The SMILES string of the molecule is Cc1cccc(C(=O)N2CCC3(CC2)CC(NC(=O)c2c(Cl)oc4ccccc24)C3)n1. The molecule has 1 spiro atoms. The molecule has 1 saturated heterocycles. The van der Waals surface area contributed by atoms with Gasteiger partial charge in [-0.25, -0.2) is 4.98 Å². The van der Waals surface area contributed by atoms with Crippen molar-refractivity contribution >= 4 is 34.4 Å². The Morgan fingerprint density at radius 1 is 1.13 bits per heavy atom. The summed E-state index contributed by atoms with van der Waals surface area (Å²) in [6.45, 7) is 3.35. The quantitative estimate of drug-likeness (QED) is 0.649. The normalized spacial score (nSPS) is 18.2. The van der Waals surface area contributed by atoms with Crippen LogP contribution in [0.25, 0.3) is 11.0 Å². The van der Waals surface area contributed by atoms with Gasteiger partial charge in [-0.2, -0.15) is 0 Å². The maximum absolute atomic E-state index is 12.8. The van der Waals surface area contributed by atoms with Crippen molar-refractivity contribution in [1.29, 1.82) is 0 Å². The Morgan fingerprint density at radius 3 is 2.61 bits per heavy atom. The number of hydrogen-bond donors (Lipinski definition) is 1. The van der Waals surface area contributed by atoms with Gasteiger partial charge in [-0.05, 0) is 67.8 Å². The number of nitrogens with one attached hydrogen (secondary N) is 1. The molecule has 2 amide bonds. The first-order valence-electron chi connectivity index (χ1n) is 10.6. The number of fused-ring (bicyclic) bond motifs is 1. The van der Waals surface area contributed by atoms with Crippen LogP contribution >= 0.6 is 11.6 Å². The minimum atomic E-state index is -0.187. The minimum absolute atomic E-state index is 0.00389. The van der Waals surface area contributed by atoms with Crippen LogP contribution in [-0.2, 0) is 0 Å². The van der Waals surface area contributed by atoms with E-state index < -0.39 is 0 Å². The van der Waals surface area contributed by atoms with Crippen molar-refractivity contribution in [2.24, 2.45) is 5.41 Å². The molecule has 3 heterocycles. The summed E-state index contributed by atoms with van der Waals surface area (Å²) < 4.78 is 5.50. The molecular weight excluding hydrogens is 414 g/mol. The number of halogens is 1. The van der Waals surface area contributed by atoms with E-state index in [1.807, 2.05) is 42.2 Å². The first-order chi connectivity index (χ1) is 14.9. The van der Waals surface area contributed by atoms with Crippen LogP contribution in [0.5, 0.6) is 0 Å². The molecular formula is C24H24ClN3O3. The average molecular weight is 438 g/mol. The molecule has 0 radical (unpaired) electrons. The Kier molecular flexibility index (Phi) is 4.97. The molecule has 1 aliphatic heterocycles. The molecule has 0 atom stereocenters. The van der Waals surface area contributed by atoms with Crippen molar-refractivity contribution in [3.63, 3.8) is 0 Å². The number of amides is 2. The molecule has 1 saturated carbocycles. The maximum atomic E-state index is 12.8. The highest BCUT2D eigenvalue weighted by atomic mass is 35.5. The average Bonchev–Trinajstić information content (AvgIpc) is 3.08. The van der Waals surface area contributed by atoms with Gasteiger partial charge in [0.25, 0.3) is 11.8 Å². The Morgan fingerprint density at radius 2 is 1.87 bits per heavy atom. The van der Waals surface area contributed by atoms with Gasteiger partial charge in [0, 0.05) is 30.2 Å². The lowest BCUT2D eigenvalue weighted by Crippen LogP contribution is -2.55. The van der Waals surface area contributed by atoms with E-state index in [-0.39, 0.29) is 28.5 Å². The molecule has 2 aliphatic rings. The van der Waals surface area contributed by atoms with Gasteiger partial charge in [0.05, 0.1) is 0 Å².